The highest BCUT2D eigenvalue weighted by Gasteiger charge is 2.22. The number of nitrogens with one attached hydrogen (secondary N) is 1. The SMILES string of the molecule is CS(=O)(=O)c1cc(NCc2cccc(OC(F)F)c2)ccc1[N+](=O)[O-]. The van der Waals surface area contributed by atoms with Crippen molar-refractivity contribution in [2.75, 3.05) is 11.6 Å². The van der Waals surface area contributed by atoms with E-state index in [0.29, 0.717) is 11.3 Å². The summed E-state index contributed by atoms with van der Waals surface area (Å²) in [6, 6.07) is 9.60. The molecule has 0 aliphatic heterocycles. The molecule has 10 heteroatoms. The van der Waals surface area contributed by atoms with Crippen LogP contribution in [0.3, 0.4) is 0 Å². The molecule has 0 fully saturated rings. The van der Waals surface area contributed by atoms with Crippen molar-refractivity contribution in [1.29, 1.82) is 0 Å². The summed E-state index contributed by atoms with van der Waals surface area (Å²) in [6.07, 6.45) is 0.879. The Morgan fingerprint density at radius 3 is 2.56 bits per heavy atom. The van der Waals surface area contributed by atoms with Gasteiger partial charge in [-0.3, -0.25) is 10.1 Å². The highest BCUT2D eigenvalue weighted by atomic mass is 32.2. The number of nitro groups is 1. The maximum absolute atomic E-state index is 12.2. The molecule has 0 aliphatic carbocycles. The summed E-state index contributed by atoms with van der Waals surface area (Å²) in [7, 11) is -3.79. The summed E-state index contributed by atoms with van der Waals surface area (Å²) in [5.74, 6) is -0.00479. The van der Waals surface area contributed by atoms with Gasteiger partial charge in [-0.1, -0.05) is 12.1 Å². The number of rotatable bonds is 7. The van der Waals surface area contributed by atoms with Gasteiger partial charge in [0.2, 0.25) is 0 Å². The first-order valence-corrected chi connectivity index (χ1v) is 8.82. The van der Waals surface area contributed by atoms with Crippen molar-refractivity contribution < 1.29 is 26.9 Å². The molecule has 0 aromatic heterocycles. The second kappa shape index (κ2) is 7.43. The third kappa shape index (κ3) is 5.11. The van der Waals surface area contributed by atoms with Crippen LogP contribution in [0.25, 0.3) is 0 Å². The average molecular weight is 372 g/mol. The number of nitrogens with zero attached hydrogens (tertiary/aromatic N) is 1. The lowest BCUT2D eigenvalue weighted by atomic mass is 10.2. The molecular weight excluding hydrogens is 358 g/mol. The molecule has 0 saturated heterocycles. The van der Waals surface area contributed by atoms with Gasteiger partial charge in [-0.05, 0) is 29.8 Å². The molecule has 25 heavy (non-hydrogen) atoms. The second-order valence-corrected chi connectivity index (χ2v) is 7.08. The van der Waals surface area contributed by atoms with Crippen LogP contribution in [0.15, 0.2) is 47.4 Å². The number of ether oxygens (including phenoxy) is 1. The van der Waals surface area contributed by atoms with E-state index in [4.69, 9.17) is 0 Å². The van der Waals surface area contributed by atoms with Gasteiger partial charge in [0.15, 0.2) is 9.84 Å². The van der Waals surface area contributed by atoms with E-state index < -0.39 is 32.0 Å². The second-order valence-electron chi connectivity index (χ2n) is 5.09. The Morgan fingerprint density at radius 1 is 1.24 bits per heavy atom. The number of sulfone groups is 1. The largest absolute Gasteiger partial charge is 0.435 e. The normalized spacial score (nSPS) is 11.4. The minimum absolute atomic E-state index is 0.00479. The van der Waals surface area contributed by atoms with Gasteiger partial charge < -0.3 is 10.1 Å². The molecule has 2 rings (SSSR count). The number of anilines is 1. The summed E-state index contributed by atoms with van der Waals surface area (Å²) in [6.45, 7) is -2.75. The summed E-state index contributed by atoms with van der Waals surface area (Å²) >= 11 is 0. The third-order valence-corrected chi connectivity index (χ3v) is 4.30. The Bertz CT molecular complexity index is 887. The quantitative estimate of drug-likeness (QED) is 0.592. The van der Waals surface area contributed by atoms with Crippen LogP contribution in [0.4, 0.5) is 20.2 Å². The number of halogens is 2. The molecule has 7 nitrogen and oxygen atoms in total. The van der Waals surface area contributed by atoms with E-state index in [-0.39, 0.29) is 12.3 Å². The molecule has 0 atom stereocenters. The van der Waals surface area contributed by atoms with Crippen LogP contribution in [0.5, 0.6) is 5.75 Å². The Morgan fingerprint density at radius 2 is 1.96 bits per heavy atom. The van der Waals surface area contributed by atoms with Crippen LogP contribution in [0, 0.1) is 10.1 Å². The molecule has 0 bridgehead atoms. The van der Waals surface area contributed by atoms with Crippen LogP contribution >= 0.6 is 0 Å². The van der Waals surface area contributed by atoms with Crippen molar-refractivity contribution in [3.8, 4) is 5.75 Å². The molecule has 0 saturated carbocycles. The lowest BCUT2D eigenvalue weighted by Gasteiger charge is -2.10. The van der Waals surface area contributed by atoms with E-state index in [9.17, 15) is 27.3 Å². The molecule has 0 unspecified atom stereocenters. The molecular formula is C15H14F2N2O5S. The monoisotopic (exact) mass is 372 g/mol. The van der Waals surface area contributed by atoms with Gasteiger partial charge in [0.1, 0.15) is 10.6 Å². The van der Waals surface area contributed by atoms with Gasteiger partial charge >= 0.3 is 6.61 Å². The first kappa shape index (κ1) is 18.6. The molecule has 0 amide bonds. The lowest BCUT2D eigenvalue weighted by molar-refractivity contribution is -0.387. The fraction of sp³-hybridized carbons (Fsp3) is 0.200. The van der Waals surface area contributed by atoms with Gasteiger partial charge in [0, 0.05) is 24.6 Å². The van der Waals surface area contributed by atoms with Crippen LogP contribution < -0.4 is 10.1 Å². The molecule has 0 heterocycles. The minimum atomic E-state index is -3.79. The Hall–Kier alpha value is -2.75. The van der Waals surface area contributed by atoms with Crippen molar-refractivity contribution in [2.45, 2.75) is 18.1 Å². The molecule has 134 valence electrons. The number of hydrogen-bond donors (Lipinski definition) is 1. The highest BCUT2D eigenvalue weighted by Crippen LogP contribution is 2.27. The number of nitro benzene ring substituents is 1. The Labute approximate surface area is 142 Å². The summed E-state index contributed by atoms with van der Waals surface area (Å²) in [5.41, 5.74) is 0.434. The molecule has 0 radical (unpaired) electrons. The van der Waals surface area contributed by atoms with Gasteiger partial charge in [-0.25, -0.2) is 8.42 Å². The topological polar surface area (TPSA) is 98.5 Å². The van der Waals surface area contributed by atoms with Gasteiger partial charge in [0.05, 0.1) is 4.92 Å². The van der Waals surface area contributed by atoms with Crippen molar-refractivity contribution in [3.63, 3.8) is 0 Å². The van der Waals surface area contributed by atoms with E-state index in [2.05, 4.69) is 10.1 Å². The van der Waals surface area contributed by atoms with Crippen LogP contribution in [-0.2, 0) is 16.4 Å². The summed E-state index contributed by atoms with van der Waals surface area (Å²) < 4.78 is 52.1. The zero-order valence-corrected chi connectivity index (χ0v) is 13.8. The van der Waals surface area contributed by atoms with E-state index in [1.165, 1.54) is 24.3 Å². The summed E-state index contributed by atoms with van der Waals surface area (Å²) in [5, 5.41) is 13.8. The Balaban J connectivity index is 2.20. The van der Waals surface area contributed by atoms with E-state index in [0.717, 1.165) is 18.4 Å². The Kier molecular flexibility index (Phi) is 5.52. The maximum atomic E-state index is 12.2. The van der Waals surface area contributed by atoms with Gasteiger partial charge in [-0.2, -0.15) is 8.78 Å². The molecule has 2 aromatic carbocycles. The molecule has 0 aliphatic rings. The summed E-state index contributed by atoms with van der Waals surface area (Å²) in [4.78, 5) is 9.75. The van der Waals surface area contributed by atoms with Crippen molar-refractivity contribution in [3.05, 3.63) is 58.1 Å². The van der Waals surface area contributed by atoms with Crippen molar-refractivity contribution in [2.24, 2.45) is 0 Å². The van der Waals surface area contributed by atoms with E-state index >= 15 is 0 Å². The average Bonchev–Trinajstić information content (AvgIpc) is 2.51. The van der Waals surface area contributed by atoms with Crippen molar-refractivity contribution in [1.82, 2.24) is 0 Å². The fourth-order valence-corrected chi connectivity index (χ4v) is 2.97. The first-order chi connectivity index (χ1) is 11.7. The predicted octanol–water partition coefficient (Wildman–Crippen LogP) is 3.21. The molecule has 0 spiro atoms. The van der Waals surface area contributed by atoms with E-state index in [1.54, 1.807) is 6.07 Å². The predicted molar refractivity (Wildman–Crippen MR) is 86.6 cm³/mol. The van der Waals surface area contributed by atoms with Gasteiger partial charge in [0.25, 0.3) is 5.69 Å². The maximum Gasteiger partial charge on any atom is 0.387 e. The fourth-order valence-electron chi connectivity index (χ4n) is 2.11. The third-order valence-electron chi connectivity index (χ3n) is 3.18. The zero-order valence-electron chi connectivity index (χ0n) is 13.0. The zero-order chi connectivity index (χ0) is 18.6. The number of benzene rings is 2. The first-order valence-electron chi connectivity index (χ1n) is 6.93. The smallest absolute Gasteiger partial charge is 0.387 e. The minimum Gasteiger partial charge on any atom is -0.435 e. The van der Waals surface area contributed by atoms with Crippen LogP contribution in [0.2, 0.25) is 0 Å². The van der Waals surface area contributed by atoms with E-state index in [1.807, 2.05) is 0 Å². The number of hydrogen-bond acceptors (Lipinski definition) is 6. The van der Waals surface area contributed by atoms with Crippen LogP contribution in [-0.4, -0.2) is 26.2 Å². The highest BCUT2D eigenvalue weighted by molar-refractivity contribution is 7.90. The standard InChI is InChI=1S/C15H14F2N2O5S/c1-25(22,23)14-8-11(5-6-13(14)19(20)21)18-9-10-3-2-4-12(7-10)24-15(16)17/h2-8,15,18H,9H2,1H3. The molecule has 1 N–H and O–H groups in total. The molecule has 2 aromatic rings. The number of alkyl halides is 2. The van der Waals surface area contributed by atoms with Crippen molar-refractivity contribution >= 4 is 21.2 Å². The van der Waals surface area contributed by atoms with Gasteiger partial charge in [-0.15, -0.1) is 0 Å². The van der Waals surface area contributed by atoms with Crippen LogP contribution in [0.1, 0.15) is 5.56 Å². The lowest BCUT2D eigenvalue weighted by Crippen LogP contribution is -2.06.